The van der Waals surface area contributed by atoms with E-state index in [2.05, 4.69) is 10.4 Å². The first-order chi connectivity index (χ1) is 7.97. The van der Waals surface area contributed by atoms with Crippen LogP contribution in [0.4, 0.5) is 5.69 Å². The Morgan fingerprint density at radius 2 is 2.18 bits per heavy atom. The van der Waals surface area contributed by atoms with Crippen molar-refractivity contribution < 1.29 is 4.79 Å². The SMILES string of the molecule is CCn1nc(C)c(N)c1C(=O)NCCN(C)C. The lowest BCUT2D eigenvalue weighted by Gasteiger charge is -2.11. The lowest BCUT2D eigenvalue weighted by Crippen LogP contribution is -2.33. The lowest BCUT2D eigenvalue weighted by molar-refractivity contribution is 0.0941. The Bertz CT molecular complexity index is 397. The maximum atomic E-state index is 12.0. The molecule has 6 heteroatoms. The van der Waals surface area contributed by atoms with Gasteiger partial charge in [0.25, 0.3) is 5.91 Å². The van der Waals surface area contributed by atoms with Crippen LogP contribution in [0.25, 0.3) is 0 Å². The first-order valence-corrected chi connectivity index (χ1v) is 5.73. The van der Waals surface area contributed by atoms with E-state index >= 15 is 0 Å². The van der Waals surface area contributed by atoms with E-state index in [0.29, 0.717) is 30.2 Å². The number of nitrogen functional groups attached to an aromatic ring is 1. The van der Waals surface area contributed by atoms with Crippen LogP contribution < -0.4 is 11.1 Å². The summed E-state index contributed by atoms with van der Waals surface area (Å²) in [4.78, 5) is 14.0. The zero-order valence-corrected chi connectivity index (χ0v) is 10.9. The van der Waals surface area contributed by atoms with Crippen LogP contribution in [-0.2, 0) is 6.54 Å². The van der Waals surface area contributed by atoms with Crippen molar-refractivity contribution in [3.05, 3.63) is 11.4 Å². The molecule has 0 atom stereocenters. The van der Waals surface area contributed by atoms with Crippen LogP contribution in [0.2, 0.25) is 0 Å². The van der Waals surface area contributed by atoms with Crippen LogP contribution in [-0.4, -0.2) is 47.8 Å². The van der Waals surface area contributed by atoms with E-state index in [9.17, 15) is 4.79 Å². The van der Waals surface area contributed by atoms with Crippen molar-refractivity contribution in [2.24, 2.45) is 0 Å². The molecule has 6 nitrogen and oxygen atoms in total. The minimum absolute atomic E-state index is 0.160. The Morgan fingerprint density at radius 1 is 1.53 bits per heavy atom. The minimum Gasteiger partial charge on any atom is -0.395 e. The number of likely N-dealkylation sites (N-methyl/N-ethyl adjacent to an activating group) is 1. The second-order valence-electron chi connectivity index (χ2n) is 4.22. The smallest absolute Gasteiger partial charge is 0.271 e. The number of nitrogens with one attached hydrogen (secondary N) is 1. The molecule has 0 aliphatic rings. The van der Waals surface area contributed by atoms with Gasteiger partial charge in [0.2, 0.25) is 0 Å². The van der Waals surface area contributed by atoms with Crippen LogP contribution in [0.3, 0.4) is 0 Å². The molecule has 0 unspecified atom stereocenters. The largest absolute Gasteiger partial charge is 0.395 e. The molecule has 0 aliphatic heterocycles. The Labute approximate surface area is 102 Å². The van der Waals surface area contributed by atoms with Gasteiger partial charge in [-0.15, -0.1) is 0 Å². The number of hydrogen-bond acceptors (Lipinski definition) is 4. The first-order valence-electron chi connectivity index (χ1n) is 5.73. The van der Waals surface area contributed by atoms with Gasteiger partial charge in [-0.2, -0.15) is 5.10 Å². The molecule has 0 spiro atoms. The maximum Gasteiger partial charge on any atom is 0.271 e. The summed E-state index contributed by atoms with van der Waals surface area (Å²) in [7, 11) is 3.92. The third-order valence-corrected chi connectivity index (χ3v) is 2.53. The minimum atomic E-state index is -0.160. The van der Waals surface area contributed by atoms with Gasteiger partial charge in [0.05, 0.1) is 11.4 Å². The fraction of sp³-hybridized carbons (Fsp3) is 0.636. The van der Waals surface area contributed by atoms with E-state index in [1.165, 1.54) is 0 Å². The van der Waals surface area contributed by atoms with Gasteiger partial charge in [0.1, 0.15) is 5.69 Å². The Hall–Kier alpha value is -1.56. The molecule has 0 saturated carbocycles. The zero-order valence-electron chi connectivity index (χ0n) is 10.9. The van der Waals surface area contributed by atoms with Gasteiger partial charge in [-0.25, -0.2) is 0 Å². The number of aromatic nitrogens is 2. The van der Waals surface area contributed by atoms with Gasteiger partial charge in [-0.1, -0.05) is 0 Å². The predicted octanol–water partition coefficient (Wildman–Crippen LogP) is 0.0850. The fourth-order valence-electron chi connectivity index (χ4n) is 1.54. The Kier molecular flexibility index (Phi) is 4.51. The van der Waals surface area contributed by atoms with Gasteiger partial charge in [0.15, 0.2) is 0 Å². The van der Waals surface area contributed by atoms with E-state index in [1.54, 1.807) is 11.6 Å². The van der Waals surface area contributed by atoms with E-state index in [0.717, 1.165) is 6.54 Å². The summed E-state index contributed by atoms with van der Waals surface area (Å²) in [5.41, 5.74) is 7.48. The molecule has 1 rings (SSSR count). The summed E-state index contributed by atoms with van der Waals surface area (Å²) in [5, 5.41) is 7.05. The van der Waals surface area contributed by atoms with Crippen molar-refractivity contribution in [1.82, 2.24) is 20.0 Å². The molecule has 1 aromatic rings. The van der Waals surface area contributed by atoms with Gasteiger partial charge in [0, 0.05) is 19.6 Å². The number of hydrogen-bond donors (Lipinski definition) is 2. The van der Waals surface area contributed by atoms with Crippen LogP contribution in [0.5, 0.6) is 0 Å². The van der Waals surface area contributed by atoms with Crippen molar-refractivity contribution >= 4 is 11.6 Å². The second kappa shape index (κ2) is 5.67. The highest BCUT2D eigenvalue weighted by Gasteiger charge is 2.18. The van der Waals surface area contributed by atoms with Crippen molar-refractivity contribution in [1.29, 1.82) is 0 Å². The molecule has 0 aliphatic carbocycles. The Morgan fingerprint density at radius 3 is 2.71 bits per heavy atom. The quantitative estimate of drug-likeness (QED) is 0.763. The molecule has 96 valence electrons. The number of aryl methyl sites for hydroxylation is 2. The number of rotatable bonds is 5. The summed E-state index contributed by atoms with van der Waals surface area (Å²) >= 11 is 0. The third kappa shape index (κ3) is 3.20. The number of anilines is 1. The molecule has 0 bridgehead atoms. The normalized spacial score (nSPS) is 10.9. The van der Waals surface area contributed by atoms with E-state index in [-0.39, 0.29) is 5.91 Å². The van der Waals surface area contributed by atoms with Crippen LogP contribution >= 0.6 is 0 Å². The summed E-state index contributed by atoms with van der Waals surface area (Å²) in [6, 6.07) is 0. The highest BCUT2D eigenvalue weighted by molar-refractivity contribution is 5.97. The van der Waals surface area contributed by atoms with Crippen LogP contribution in [0, 0.1) is 6.92 Å². The first kappa shape index (κ1) is 13.5. The standard InChI is InChI=1S/C11H21N5O/c1-5-16-10(9(12)8(2)14-16)11(17)13-6-7-15(3)4/h5-7,12H2,1-4H3,(H,13,17). The predicted molar refractivity (Wildman–Crippen MR) is 67.9 cm³/mol. The number of carbonyl (C=O) groups is 1. The van der Waals surface area contributed by atoms with Gasteiger partial charge in [-0.05, 0) is 27.9 Å². The van der Waals surface area contributed by atoms with Crippen LogP contribution in [0.1, 0.15) is 23.1 Å². The van der Waals surface area contributed by atoms with Crippen LogP contribution in [0.15, 0.2) is 0 Å². The molecular weight excluding hydrogens is 218 g/mol. The summed E-state index contributed by atoms with van der Waals surface area (Å²) in [6.45, 7) is 5.76. The van der Waals surface area contributed by atoms with Gasteiger partial charge < -0.3 is 16.0 Å². The molecule has 0 fully saturated rings. The average molecular weight is 239 g/mol. The molecule has 3 N–H and O–H groups in total. The maximum absolute atomic E-state index is 12.0. The number of nitrogens with two attached hydrogens (primary N) is 1. The Balaban J connectivity index is 2.74. The van der Waals surface area contributed by atoms with Crippen molar-refractivity contribution in [3.8, 4) is 0 Å². The summed E-state index contributed by atoms with van der Waals surface area (Å²) in [5.74, 6) is -0.160. The van der Waals surface area contributed by atoms with E-state index in [4.69, 9.17) is 5.73 Å². The average Bonchev–Trinajstić information content (AvgIpc) is 2.54. The van der Waals surface area contributed by atoms with E-state index in [1.807, 2.05) is 25.9 Å². The fourth-order valence-corrected chi connectivity index (χ4v) is 1.54. The van der Waals surface area contributed by atoms with Crippen molar-refractivity contribution in [3.63, 3.8) is 0 Å². The zero-order chi connectivity index (χ0) is 13.0. The van der Waals surface area contributed by atoms with E-state index < -0.39 is 0 Å². The number of carbonyl (C=O) groups excluding carboxylic acids is 1. The molecule has 1 heterocycles. The molecular formula is C11H21N5O. The van der Waals surface area contributed by atoms with Gasteiger partial charge >= 0.3 is 0 Å². The molecule has 0 aromatic carbocycles. The second-order valence-corrected chi connectivity index (χ2v) is 4.22. The topological polar surface area (TPSA) is 76.2 Å². The van der Waals surface area contributed by atoms with Crippen molar-refractivity contribution in [2.75, 3.05) is 32.9 Å². The van der Waals surface area contributed by atoms with Crippen molar-refractivity contribution in [2.45, 2.75) is 20.4 Å². The summed E-state index contributed by atoms with van der Waals surface area (Å²) < 4.78 is 1.63. The highest BCUT2D eigenvalue weighted by atomic mass is 16.2. The number of amides is 1. The molecule has 1 aromatic heterocycles. The molecule has 17 heavy (non-hydrogen) atoms. The highest BCUT2D eigenvalue weighted by Crippen LogP contribution is 2.15. The number of nitrogens with zero attached hydrogens (tertiary/aromatic N) is 3. The molecule has 0 saturated heterocycles. The van der Waals surface area contributed by atoms with Gasteiger partial charge in [-0.3, -0.25) is 9.48 Å². The molecule has 0 radical (unpaired) electrons. The monoisotopic (exact) mass is 239 g/mol. The molecule has 1 amide bonds. The third-order valence-electron chi connectivity index (χ3n) is 2.53. The summed E-state index contributed by atoms with van der Waals surface area (Å²) in [6.07, 6.45) is 0. The lowest BCUT2D eigenvalue weighted by atomic mass is 10.3.